The first-order chi connectivity index (χ1) is 22.1. The normalized spacial score (nSPS) is 19.7. The van der Waals surface area contributed by atoms with Crippen molar-refractivity contribution in [2.45, 2.75) is 77.9 Å². The van der Waals surface area contributed by atoms with Gasteiger partial charge in [-0.1, -0.05) is 63.2 Å². The van der Waals surface area contributed by atoms with Crippen LogP contribution in [0.4, 0.5) is 14.5 Å². The van der Waals surface area contributed by atoms with Gasteiger partial charge in [0, 0.05) is 39.6 Å². The van der Waals surface area contributed by atoms with Gasteiger partial charge in [0.25, 0.3) is 0 Å². The number of allylic oxidation sites excluding steroid dienone is 2. The zero-order valence-electron chi connectivity index (χ0n) is 27.5. The molecule has 4 rings (SSSR count). The lowest BCUT2D eigenvalue weighted by Crippen LogP contribution is -2.51. The molecule has 1 saturated heterocycles. The van der Waals surface area contributed by atoms with E-state index in [1.807, 2.05) is 49.9 Å². The Morgan fingerprint density at radius 1 is 1.06 bits per heavy atom. The van der Waals surface area contributed by atoms with Gasteiger partial charge in [0.2, 0.25) is 11.8 Å². The summed E-state index contributed by atoms with van der Waals surface area (Å²) < 4.78 is 50.3. The summed E-state index contributed by atoms with van der Waals surface area (Å²) in [7, 11) is -5.78. The first kappa shape index (κ1) is 37.0. The van der Waals surface area contributed by atoms with Gasteiger partial charge in [-0.2, -0.15) is 8.78 Å². The number of fused-ring (bicyclic) bond motifs is 1. The van der Waals surface area contributed by atoms with Crippen LogP contribution < -0.4 is 4.90 Å². The summed E-state index contributed by atoms with van der Waals surface area (Å²) in [5.41, 5.74) is -2.42. The fourth-order valence-corrected chi connectivity index (χ4v) is 8.39. The van der Waals surface area contributed by atoms with Crippen molar-refractivity contribution < 1.29 is 42.0 Å². The Morgan fingerprint density at radius 2 is 1.74 bits per heavy atom. The summed E-state index contributed by atoms with van der Waals surface area (Å²) in [6, 6.07) is 12.0. The number of para-hydroxylation sites is 1. The lowest BCUT2D eigenvalue weighted by atomic mass is 9.76. The Labute approximate surface area is 277 Å². The van der Waals surface area contributed by atoms with Gasteiger partial charge in [-0.05, 0) is 80.0 Å². The summed E-state index contributed by atoms with van der Waals surface area (Å²) in [4.78, 5) is 45.0. The molecule has 4 atom stereocenters. The van der Waals surface area contributed by atoms with Crippen LogP contribution in [0.15, 0.2) is 54.6 Å². The van der Waals surface area contributed by atoms with Crippen molar-refractivity contribution in [1.82, 2.24) is 4.90 Å². The zero-order chi connectivity index (χ0) is 34.6. The van der Waals surface area contributed by atoms with E-state index in [1.54, 1.807) is 11.8 Å². The second kappa shape index (κ2) is 15.2. The maximum Gasteiger partial charge on any atom is 0.433 e. The fraction of sp³-hybridized carbons (Fsp3) is 0.500. The van der Waals surface area contributed by atoms with E-state index in [1.165, 1.54) is 24.9 Å². The molecule has 1 N–H and O–H groups in total. The van der Waals surface area contributed by atoms with Crippen molar-refractivity contribution in [3.05, 3.63) is 71.3 Å². The fourth-order valence-electron chi connectivity index (χ4n) is 6.27. The van der Waals surface area contributed by atoms with Crippen molar-refractivity contribution in [3.8, 4) is 0 Å². The van der Waals surface area contributed by atoms with Crippen molar-refractivity contribution >= 4 is 45.3 Å². The number of alkyl halides is 2. The number of rotatable bonds is 11. The molecule has 13 heteroatoms. The molecule has 47 heavy (non-hydrogen) atoms. The van der Waals surface area contributed by atoms with Crippen LogP contribution in [-0.2, 0) is 40.0 Å². The molecule has 2 aromatic rings. The SMILES string of the molecule is CPOP(=O)(OO)C(F)(F)c1ccc(/C(C)=C/C(=O)C[C@H](C(=O)N2CCC[C@H]2C(=O)N2CCCCc3ccccc32)C(C)(C)C)cc1. The minimum atomic E-state index is -5.17. The molecule has 256 valence electrons. The molecule has 2 heterocycles. The molecule has 2 unspecified atom stereocenters. The molecule has 1 fully saturated rings. The maximum atomic E-state index is 14.9. The summed E-state index contributed by atoms with van der Waals surface area (Å²) >= 11 is 0. The monoisotopic (exact) mass is 692 g/mol. The van der Waals surface area contributed by atoms with Crippen molar-refractivity contribution in [2.24, 2.45) is 11.3 Å². The van der Waals surface area contributed by atoms with Gasteiger partial charge in [-0.3, -0.25) is 23.3 Å². The Kier molecular flexibility index (Phi) is 11.9. The standard InChI is InChI=1S/C34H44F2N2O7P2/c1-23(24-15-17-26(18-16-24)34(35,36)47(43,44-42)45-46-5)21-27(39)22-28(33(2,3)4)31(40)38-20-10-14-30(38)32(41)37-19-9-8-12-25-11-6-7-13-29(25)37/h6-7,11,13,15-18,21,28,30,42,46H,8-10,12,14,19-20,22H2,1-5H3/b23-21+/t28-,30+,47?/m1/s1. The van der Waals surface area contributed by atoms with Gasteiger partial charge in [0.15, 0.2) is 5.78 Å². The van der Waals surface area contributed by atoms with E-state index in [0.29, 0.717) is 37.1 Å². The third-order valence-corrected chi connectivity index (χ3v) is 11.8. The lowest BCUT2D eigenvalue weighted by Gasteiger charge is -2.36. The van der Waals surface area contributed by atoms with Gasteiger partial charge in [-0.15, -0.1) is 4.67 Å². The average molecular weight is 693 g/mol. The van der Waals surface area contributed by atoms with Crippen molar-refractivity contribution in [3.63, 3.8) is 0 Å². The zero-order valence-corrected chi connectivity index (χ0v) is 29.4. The van der Waals surface area contributed by atoms with E-state index in [9.17, 15) is 27.7 Å². The number of likely N-dealkylation sites (tertiary alicyclic amines) is 1. The van der Waals surface area contributed by atoms with Gasteiger partial charge in [0.1, 0.15) is 6.04 Å². The van der Waals surface area contributed by atoms with Crippen LogP contribution in [0.25, 0.3) is 5.57 Å². The molecule has 0 saturated carbocycles. The van der Waals surface area contributed by atoms with Crippen LogP contribution in [0.1, 0.15) is 76.5 Å². The molecule has 0 aliphatic carbocycles. The highest BCUT2D eigenvalue weighted by Crippen LogP contribution is 2.68. The quantitative estimate of drug-likeness (QED) is 0.110. The molecular weight excluding hydrogens is 648 g/mol. The first-order valence-electron chi connectivity index (χ1n) is 15.8. The number of halogens is 2. The number of ketones is 1. The summed E-state index contributed by atoms with van der Waals surface area (Å²) in [5, 5.41) is 8.88. The van der Waals surface area contributed by atoms with Crippen LogP contribution in [0, 0.1) is 11.3 Å². The minimum Gasteiger partial charge on any atom is -0.330 e. The third-order valence-electron chi connectivity index (χ3n) is 8.92. The van der Waals surface area contributed by atoms with E-state index >= 15 is 0 Å². The van der Waals surface area contributed by atoms with E-state index < -0.39 is 45.0 Å². The highest BCUT2D eigenvalue weighted by atomic mass is 31.2. The molecule has 9 nitrogen and oxygen atoms in total. The van der Waals surface area contributed by atoms with E-state index in [0.717, 1.165) is 42.6 Å². The number of nitrogens with zero attached hydrogens (tertiary/aromatic N) is 2. The maximum absolute atomic E-state index is 14.9. The number of carbonyl (C=O) groups excluding carboxylic acids is 3. The average Bonchev–Trinajstić information content (AvgIpc) is 3.43. The Morgan fingerprint density at radius 3 is 2.38 bits per heavy atom. The first-order valence-corrected chi connectivity index (χ1v) is 18.8. The van der Waals surface area contributed by atoms with Gasteiger partial charge < -0.3 is 9.80 Å². The summed E-state index contributed by atoms with van der Waals surface area (Å²) in [5.74, 6) is -1.33. The Balaban J connectivity index is 1.51. The van der Waals surface area contributed by atoms with Crippen molar-refractivity contribution in [1.29, 1.82) is 0 Å². The molecule has 2 aliphatic heterocycles. The Bertz CT molecular complexity index is 1540. The third kappa shape index (κ3) is 8.09. The lowest BCUT2D eigenvalue weighted by molar-refractivity contribution is -0.159. The minimum absolute atomic E-state index is 0.0856. The predicted octanol–water partition coefficient (Wildman–Crippen LogP) is 8.04. The number of hydrogen-bond acceptors (Lipinski definition) is 7. The van der Waals surface area contributed by atoms with Crippen LogP contribution >= 0.6 is 16.4 Å². The highest BCUT2D eigenvalue weighted by Gasteiger charge is 2.56. The second-order valence-electron chi connectivity index (χ2n) is 13.2. The second-order valence-corrected chi connectivity index (χ2v) is 16.0. The molecule has 2 aliphatic rings. The van der Waals surface area contributed by atoms with Crippen LogP contribution in [0.5, 0.6) is 0 Å². The number of amides is 2. The summed E-state index contributed by atoms with van der Waals surface area (Å²) in [6.07, 6.45) is 5.31. The number of hydrogen-bond donors (Lipinski definition) is 1. The largest absolute Gasteiger partial charge is 0.433 e. The number of benzene rings is 2. The number of anilines is 1. The number of aryl methyl sites for hydroxylation is 1. The van der Waals surface area contributed by atoms with Crippen LogP contribution in [0.3, 0.4) is 0 Å². The van der Waals surface area contributed by atoms with Crippen LogP contribution in [0.2, 0.25) is 0 Å². The topological polar surface area (TPSA) is 113 Å². The molecular formula is C34H44F2N2O7P2. The molecule has 2 amide bonds. The van der Waals surface area contributed by atoms with Gasteiger partial charge in [0.05, 0.1) is 5.92 Å². The molecule has 0 radical (unpaired) electrons. The molecule has 0 spiro atoms. The Hall–Kier alpha value is -2.81. The molecule has 0 bridgehead atoms. The summed E-state index contributed by atoms with van der Waals surface area (Å²) in [6.45, 7) is 9.74. The van der Waals surface area contributed by atoms with E-state index in [2.05, 4.69) is 8.99 Å². The molecule has 0 aromatic heterocycles. The predicted molar refractivity (Wildman–Crippen MR) is 180 cm³/mol. The van der Waals surface area contributed by atoms with Crippen LogP contribution in [-0.4, -0.2) is 53.6 Å². The van der Waals surface area contributed by atoms with Gasteiger partial charge in [-0.25, -0.2) is 5.26 Å². The van der Waals surface area contributed by atoms with Crippen molar-refractivity contribution in [2.75, 3.05) is 24.7 Å². The molecule has 2 aromatic carbocycles. The van der Waals surface area contributed by atoms with E-state index in [-0.39, 0.29) is 24.0 Å². The smallest absolute Gasteiger partial charge is 0.330 e. The number of carbonyl (C=O) groups is 3. The highest BCUT2D eigenvalue weighted by molar-refractivity contribution is 7.60. The van der Waals surface area contributed by atoms with Gasteiger partial charge >= 0.3 is 13.3 Å². The van der Waals surface area contributed by atoms with E-state index in [4.69, 9.17) is 5.26 Å².